The quantitative estimate of drug-likeness (QED) is 0.426. The van der Waals surface area contributed by atoms with E-state index in [9.17, 15) is 14.0 Å². The van der Waals surface area contributed by atoms with Gasteiger partial charge in [-0.15, -0.1) is 0 Å². The Bertz CT molecular complexity index is 1140. The van der Waals surface area contributed by atoms with E-state index in [1.807, 2.05) is 6.07 Å². The van der Waals surface area contributed by atoms with Gasteiger partial charge in [0.15, 0.2) is 8.32 Å². The van der Waals surface area contributed by atoms with Crippen molar-refractivity contribution in [3.8, 4) is 0 Å². The smallest absolute Gasteiger partial charge is 0.344 e. The van der Waals surface area contributed by atoms with Crippen LogP contribution < -0.4 is 0 Å². The number of hydrogen-bond donors (Lipinski definition) is 0. The molecule has 1 amide bonds. The largest absolute Gasteiger partial charge is 0.422 e. The minimum absolute atomic E-state index is 0.00920. The van der Waals surface area contributed by atoms with Gasteiger partial charge in [0.2, 0.25) is 0 Å². The summed E-state index contributed by atoms with van der Waals surface area (Å²) in [5.41, 5.74) is 1.78. The van der Waals surface area contributed by atoms with Gasteiger partial charge in [0.25, 0.3) is 5.91 Å². The molecule has 0 radical (unpaired) electrons. The van der Waals surface area contributed by atoms with Gasteiger partial charge in [0.05, 0.1) is 17.2 Å². The number of likely N-dealkylation sites (tertiary alicyclic amines) is 1. The lowest BCUT2D eigenvalue weighted by molar-refractivity contribution is 0.0715. The number of hydrogen-bond acceptors (Lipinski definition) is 4. The molecule has 1 atom stereocenters. The third-order valence-corrected chi connectivity index (χ3v) is 11.4. The molecule has 33 heavy (non-hydrogen) atoms. The van der Waals surface area contributed by atoms with Crippen LogP contribution in [0.2, 0.25) is 18.1 Å². The number of fused-ring (bicyclic) bond motifs is 1. The molecule has 0 saturated carbocycles. The second-order valence-electron chi connectivity index (χ2n) is 10.2. The van der Waals surface area contributed by atoms with E-state index in [1.54, 1.807) is 35.2 Å². The first-order valence-corrected chi connectivity index (χ1v) is 14.2. The summed E-state index contributed by atoms with van der Waals surface area (Å²) in [6.45, 7) is 11.9. The molecule has 0 aromatic heterocycles. The highest BCUT2D eigenvalue weighted by Gasteiger charge is 2.41. The van der Waals surface area contributed by atoms with Crippen molar-refractivity contribution in [2.75, 3.05) is 13.1 Å². The SMILES string of the molecule is CC(C)(C)[Si](C)(C)O[C@@H]1CCN(C(=O)c2cc(C=C3OC(=O)c4ccccc43)ccc2F)C1. The summed E-state index contributed by atoms with van der Waals surface area (Å²) >= 11 is 0. The zero-order valence-corrected chi connectivity index (χ0v) is 20.8. The predicted molar refractivity (Wildman–Crippen MR) is 129 cm³/mol. The van der Waals surface area contributed by atoms with Crippen molar-refractivity contribution < 1.29 is 23.1 Å². The first-order chi connectivity index (χ1) is 15.5. The number of ether oxygens (including phenoxy) is 1. The van der Waals surface area contributed by atoms with Crippen molar-refractivity contribution in [2.24, 2.45) is 0 Å². The van der Waals surface area contributed by atoms with E-state index in [0.29, 0.717) is 35.5 Å². The summed E-state index contributed by atoms with van der Waals surface area (Å²) < 4.78 is 26.5. The molecule has 2 aromatic carbocycles. The number of rotatable bonds is 4. The number of carbonyl (C=O) groups excluding carboxylic acids is 2. The summed E-state index contributed by atoms with van der Waals surface area (Å²) in [6, 6.07) is 11.5. The Morgan fingerprint density at radius 3 is 2.58 bits per heavy atom. The van der Waals surface area contributed by atoms with Crippen LogP contribution in [0.5, 0.6) is 0 Å². The average molecular weight is 468 g/mol. The molecule has 2 aliphatic rings. The second-order valence-corrected chi connectivity index (χ2v) is 15.0. The van der Waals surface area contributed by atoms with Crippen LogP contribution in [0.1, 0.15) is 59.0 Å². The monoisotopic (exact) mass is 467 g/mol. The van der Waals surface area contributed by atoms with Gasteiger partial charge in [-0.05, 0) is 54.4 Å². The average Bonchev–Trinajstić information content (AvgIpc) is 3.33. The van der Waals surface area contributed by atoms with Crippen LogP contribution in [0.4, 0.5) is 4.39 Å². The molecule has 0 aliphatic carbocycles. The van der Waals surface area contributed by atoms with Crippen LogP contribution in [-0.4, -0.2) is 44.3 Å². The maximum Gasteiger partial charge on any atom is 0.344 e. The number of halogens is 1. The first kappa shape index (κ1) is 23.4. The molecular formula is C26H30FNO4Si. The van der Waals surface area contributed by atoms with E-state index < -0.39 is 20.1 Å². The highest BCUT2D eigenvalue weighted by molar-refractivity contribution is 6.74. The molecule has 1 saturated heterocycles. The highest BCUT2D eigenvalue weighted by Crippen LogP contribution is 2.38. The van der Waals surface area contributed by atoms with Gasteiger partial charge in [-0.25, -0.2) is 9.18 Å². The van der Waals surface area contributed by atoms with E-state index in [1.165, 1.54) is 12.1 Å². The van der Waals surface area contributed by atoms with Gasteiger partial charge in [-0.3, -0.25) is 4.79 Å². The summed E-state index contributed by atoms with van der Waals surface area (Å²) in [7, 11) is -1.95. The standard InChI is InChI=1S/C26H30FNO4Si/c1-26(2,3)33(4,5)32-18-12-13-28(16-18)24(29)21-14-17(10-11-22(21)27)15-23-19-8-6-7-9-20(19)25(30)31-23/h6-11,14-15,18H,12-13,16H2,1-5H3/t18-/m1/s1. The molecule has 2 aliphatic heterocycles. The Labute approximate surface area is 195 Å². The molecule has 0 N–H and O–H groups in total. The second kappa shape index (κ2) is 8.54. The Kier molecular flexibility index (Phi) is 6.05. The number of nitrogens with zero attached hydrogens (tertiary/aromatic N) is 1. The van der Waals surface area contributed by atoms with Crippen molar-refractivity contribution in [1.29, 1.82) is 0 Å². The molecular weight excluding hydrogens is 437 g/mol. The van der Waals surface area contributed by atoms with Crippen LogP contribution in [0.3, 0.4) is 0 Å². The molecule has 0 bridgehead atoms. The number of carbonyl (C=O) groups is 2. The lowest BCUT2D eigenvalue weighted by Crippen LogP contribution is -2.44. The Morgan fingerprint density at radius 1 is 1.18 bits per heavy atom. The van der Waals surface area contributed by atoms with E-state index in [2.05, 4.69) is 33.9 Å². The molecule has 0 spiro atoms. The van der Waals surface area contributed by atoms with E-state index in [0.717, 1.165) is 6.42 Å². The molecule has 5 nitrogen and oxygen atoms in total. The highest BCUT2D eigenvalue weighted by atomic mass is 28.4. The van der Waals surface area contributed by atoms with Crippen molar-refractivity contribution in [3.05, 3.63) is 70.5 Å². The van der Waals surface area contributed by atoms with Crippen molar-refractivity contribution >= 4 is 32.0 Å². The van der Waals surface area contributed by atoms with Gasteiger partial charge in [-0.2, -0.15) is 0 Å². The van der Waals surface area contributed by atoms with E-state index >= 15 is 0 Å². The maximum atomic E-state index is 14.6. The van der Waals surface area contributed by atoms with Crippen molar-refractivity contribution in [3.63, 3.8) is 0 Å². The summed E-state index contributed by atoms with van der Waals surface area (Å²) in [4.78, 5) is 26.9. The Hall–Kier alpha value is -2.77. The van der Waals surface area contributed by atoms with Crippen molar-refractivity contribution in [1.82, 2.24) is 4.90 Å². The van der Waals surface area contributed by atoms with Crippen LogP contribution in [0.25, 0.3) is 11.8 Å². The van der Waals surface area contributed by atoms with Crippen LogP contribution in [-0.2, 0) is 9.16 Å². The van der Waals surface area contributed by atoms with E-state index in [4.69, 9.17) is 9.16 Å². The zero-order valence-electron chi connectivity index (χ0n) is 19.8. The fourth-order valence-electron chi connectivity index (χ4n) is 3.91. The number of cyclic esters (lactones) is 1. The predicted octanol–water partition coefficient (Wildman–Crippen LogP) is 5.73. The minimum atomic E-state index is -1.95. The van der Waals surface area contributed by atoms with Gasteiger partial charge < -0.3 is 14.1 Å². The van der Waals surface area contributed by atoms with Gasteiger partial charge in [-0.1, -0.05) is 45.0 Å². The first-order valence-electron chi connectivity index (χ1n) is 11.3. The molecule has 7 heteroatoms. The van der Waals surface area contributed by atoms with Crippen LogP contribution in [0, 0.1) is 5.82 Å². The number of benzene rings is 2. The third-order valence-electron chi connectivity index (χ3n) is 6.83. The maximum absolute atomic E-state index is 14.6. The number of amides is 1. The Morgan fingerprint density at radius 2 is 1.88 bits per heavy atom. The van der Waals surface area contributed by atoms with E-state index in [-0.39, 0.29) is 22.6 Å². The molecule has 0 unspecified atom stereocenters. The molecule has 174 valence electrons. The lowest BCUT2D eigenvalue weighted by atomic mass is 10.0. The fourth-order valence-corrected chi connectivity index (χ4v) is 5.29. The zero-order chi connectivity index (χ0) is 24.0. The van der Waals surface area contributed by atoms with Crippen LogP contribution >= 0.6 is 0 Å². The minimum Gasteiger partial charge on any atom is -0.422 e. The fraction of sp³-hybridized carbons (Fsp3) is 0.385. The topological polar surface area (TPSA) is 55.8 Å². The molecule has 2 aromatic rings. The van der Waals surface area contributed by atoms with Crippen molar-refractivity contribution in [2.45, 2.75) is 51.4 Å². The molecule has 4 rings (SSSR count). The summed E-state index contributed by atoms with van der Waals surface area (Å²) in [5.74, 6) is -0.942. The Balaban J connectivity index is 1.52. The molecule has 1 fully saturated rings. The van der Waals surface area contributed by atoms with Gasteiger partial charge >= 0.3 is 5.97 Å². The van der Waals surface area contributed by atoms with Gasteiger partial charge in [0.1, 0.15) is 11.6 Å². The van der Waals surface area contributed by atoms with Gasteiger partial charge in [0, 0.05) is 18.7 Å². The molecule has 2 heterocycles. The van der Waals surface area contributed by atoms with Crippen LogP contribution in [0.15, 0.2) is 42.5 Å². The lowest BCUT2D eigenvalue weighted by Gasteiger charge is -2.38. The normalized spacial score (nSPS) is 19.7. The number of esters is 1. The summed E-state index contributed by atoms with van der Waals surface area (Å²) in [6.07, 6.45) is 2.38. The third kappa shape index (κ3) is 4.65. The summed E-state index contributed by atoms with van der Waals surface area (Å²) in [5, 5.41) is 0.0840.